The van der Waals surface area contributed by atoms with Crippen molar-refractivity contribution >= 4 is 16.9 Å². The fraction of sp³-hybridized carbons (Fsp3) is 0.167. The van der Waals surface area contributed by atoms with Crippen molar-refractivity contribution in [2.24, 2.45) is 0 Å². The Morgan fingerprint density at radius 1 is 0.828 bits per heavy atom. The van der Waals surface area contributed by atoms with E-state index in [1.54, 1.807) is 0 Å². The lowest BCUT2D eigenvalue weighted by atomic mass is 9.97. The first-order valence-corrected chi connectivity index (χ1v) is 9.81. The van der Waals surface area contributed by atoms with Crippen molar-refractivity contribution in [3.05, 3.63) is 83.2 Å². The first kappa shape index (κ1) is 17.6. The van der Waals surface area contributed by atoms with Crippen LogP contribution < -0.4 is 10.5 Å². The summed E-state index contributed by atoms with van der Waals surface area (Å²) in [5, 5.41) is 0.602. The maximum Gasteiger partial charge on any atom is 0.260 e. The van der Waals surface area contributed by atoms with Gasteiger partial charge in [0.2, 0.25) is 5.95 Å². The van der Waals surface area contributed by atoms with Crippen LogP contribution in [0.5, 0.6) is 0 Å². The zero-order chi connectivity index (χ0) is 19.6. The van der Waals surface area contributed by atoms with Crippen LogP contribution in [0.3, 0.4) is 0 Å². The largest absolute Gasteiger partial charge is 0.378 e. The molecule has 0 amide bonds. The summed E-state index contributed by atoms with van der Waals surface area (Å²) in [6.07, 6.45) is 0. The molecule has 5 heteroatoms. The minimum absolute atomic E-state index is 0.113. The molecule has 5 rings (SSSR count). The first-order valence-electron chi connectivity index (χ1n) is 9.81. The molecule has 0 saturated carbocycles. The van der Waals surface area contributed by atoms with Crippen LogP contribution in [0.25, 0.3) is 33.2 Å². The Bertz CT molecular complexity index is 1210. The Morgan fingerprint density at radius 3 is 2.38 bits per heavy atom. The molecule has 1 fully saturated rings. The van der Waals surface area contributed by atoms with Crippen LogP contribution in [0.2, 0.25) is 0 Å². The summed E-state index contributed by atoms with van der Waals surface area (Å²) in [6.45, 7) is 2.73. The molecular weight excluding hydrogens is 362 g/mol. The van der Waals surface area contributed by atoms with Crippen LogP contribution in [0.15, 0.2) is 77.6 Å². The molecule has 29 heavy (non-hydrogen) atoms. The standard InChI is InChI=1S/C24H21N3O2/c28-23-21-11-5-10-20(22(21)25-24(26-23)27-12-14-29-15-13-27)19-9-4-8-18(16-19)17-6-2-1-3-7-17/h1-11,16H,12-15H2,(H,25,26,28). The Hall–Kier alpha value is -3.44. The van der Waals surface area contributed by atoms with Crippen molar-refractivity contribution in [3.8, 4) is 22.3 Å². The molecule has 0 spiro atoms. The summed E-state index contributed by atoms with van der Waals surface area (Å²) in [6, 6.07) is 24.4. The monoisotopic (exact) mass is 383 g/mol. The fourth-order valence-corrected chi connectivity index (χ4v) is 3.80. The molecular formula is C24H21N3O2. The van der Waals surface area contributed by atoms with Crippen LogP contribution in [0, 0.1) is 0 Å². The molecule has 1 aliphatic rings. The smallest absolute Gasteiger partial charge is 0.260 e. The first-order chi connectivity index (χ1) is 14.3. The summed E-state index contributed by atoms with van der Waals surface area (Å²) in [4.78, 5) is 22.6. The van der Waals surface area contributed by atoms with Gasteiger partial charge in [-0.05, 0) is 28.8 Å². The van der Waals surface area contributed by atoms with Crippen LogP contribution in [-0.4, -0.2) is 36.3 Å². The normalized spacial score (nSPS) is 14.3. The Labute approximate surface area is 168 Å². The second-order valence-corrected chi connectivity index (χ2v) is 7.14. The third-order valence-corrected chi connectivity index (χ3v) is 5.32. The highest BCUT2D eigenvalue weighted by Gasteiger charge is 2.16. The van der Waals surface area contributed by atoms with Gasteiger partial charge in [-0.15, -0.1) is 0 Å². The number of anilines is 1. The van der Waals surface area contributed by atoms with E-state index < -0.39 is 0 Å². The number of morpholine rings is 1. The average molecular weight is 383 g/mol. The molecule has 0 atom stereocenters. The summed E-state index contributed by atoms with van der Waals surface area (Å²) in [7, 11) is 0. The van der Waals surface area contributed by atoms with E-state index >= 15 is 0 Å². The van der Waals surface area contributed by atoms with E-state index in [1.165, 1.54) is 0 Å². The van der Waals surface area contributed by atoms with Crippen molar-refractivity contribution in [1.29, 1.82) is 0 Å². The van der Waals surface area contributed by atoms with Gasteiger partial charge in [0.15, 0.2) is 0 Å². The molecule has 1 saturated heterocycles. The number of aromatic nitrogens is 2. The van der Waals surface area contributed by atoms with E-state index in [-0.39, 0.29) is 5.56 Å². The average Bonchev–Trinajstić information content (AvgIpc) is 2.80. The van der Waals surface area contributed by atoms with Gasteiger partial charge < -0.3 is 9.64 Å². The Balaban J connectivity index is 1.65. The van der Waals surface area contributed by atoms with Gasteiger partial charge in [-0.2, -0.15) is 0 Å². The maximum absolute atomic E-state index is 12.8. The third kappa shape index (κ3) is 3.41. The van der Waals surface area contributed by atoms with E-state index in [2.05, 4.69) is 40.2 Å². The zero-order valence-corrected chi connectivity index (χ0v) is 16.0. The molecule has 144 valence electrons. The van der Waals surface area contributed by atoms with Gasteiger partial charge in [0, 0.05) is 18.7 Å². The molecule has 3 aromatic carbocycles. The number of benzene rings is 3. The van der Waals surface area contributed by atoms with Gasteiger partial charge in [-0.1, -0.05) is 60.7 Å². The number of fused-ring (bicyclic) bond motifs is 1. The summed E-state index contributed by atoms with van der Waals surface area (Å²) < 4.78 is 5.43. The van der Waals surface area contributed by atoms with Gasteiger partial charge in [0.1, 0.15) is 0 Å². The van der Waals surface area contributed by atoms with Gasteiger partial charge >= 0.3 is 0 Å². The summed E-state index contributed by atoms with van der Waals surface area (Å²) >= 11 is 0. The second-order valence-electron chi connectivity index (χ2n) is 7.14. The van der Waals surface area contributed by atoms with Crippen molar-refractivity contribution in [3.63, 3.8) is 0 Å². The number of rotatable bonds is 3. The molecule has 1 aromatic heterocycles. The van der Waals surface area contributed by atoms with Crippen molar-refractivity contribution < 1.29 is 4.74 Å². The third-order valence-electron chi connectivity index (χ3n) is 5.32. The molecule has 0 radical (unpaired) electrons. The van der Waals surface area contributed by atoms with Crippen LogP contribution in [0.4, 0.5) is 5.95 Å². The molecule has 0 unspecified atom stereocenters. The lowest BCUT2D eigenvalue weighted by Gasteiger charge is -2.27. The van der Waals surface area contributed by atoms with E-state index in [4.69, 9.17) is 9.72 Å². The quantitative estimate of drug-likeness (QED) is 0.579. The predicted octanol–water partition coefficient (Wildman–Crippen LogP) is 4.09. The van der Waals surface area contributed by atoms with Crippen molar-refractivity contribution in [2.45, 2.75) is 0 Å². The number of hydrogen-bond donors (Lipinski definition) is 1. The van der Waals surface area contributed by atoms with Crippen LogP contribution >= 0.6 is 0 Å². The Kier molecular flexibility index (Phi) is 4.58. The van der Waals surface area contributed by atoms with E-state index in [0.717, 1.165) is 40.9 Å². The highest BCUT2D eigenvalue weighted by atomic mass is 16.5. The van der Waals surface area contributed by atoms with Crippen molar-refractivity contribution in [2.75, 3.05) is 31.2 Å². The number of para-hydroxylation sites is 1. The van der Waals surface area contributed by atoms with Crippen LogP contribution in [-0.2, 0) is 4.74 Å². The van der Waals surface area contributed by atoms with Crippen molar-refractivity contribution in [1.82, 2.24) is 9.97 Å². The number of H-pyrrole nitrogens is 1. The summed E-state index contributed by atoms with van der Waals surface area (Å²) in [5.74, 6) is 0.609. The molecule has 4 aromatic rings. The van der Waals surface area contributed by atoms with Gasteiger partial charge in [-0.3, -0.25) is 9.78 Å². The maximum atomic E-state index is 12.8. The highest BCUT2D eigenvalue weighted by Crippen LogP contribution is 2.30. The minimum atomic E-state index is -0.113. The number of aromatic amines is 1. The number of nitrogens with zero attached hydrogens (tertiary/aromatic N) is 2. The lowest BCUT2D eigenvalue weighted by molar-refractivity contribution is 0.122. The lowest BCUT2D eigenvalue weighted by Crippen LogP contribution is -2.38. The highest BCUT2D eigenvalue weighted by molar-refractivity contribution is 5.94. The number of ether oxygens (including phenoxy) is 1. The zero-order valence-electron chi connectivity index (χ0n) is 16.0. The fourth-order valence-electron chi connectivity index (χ4n) is 3.80. The molecule has 1 N–H and O–H groups in total. The molecule has 0 aliphatic carbocycles. The van der Waals surface area contributed by atoms with E-state index in [9.17, 15) is 4.79 Å². The summed E-state index contributed by atoms with van der Waals surface area (Å²) in [5.41, 5.74) is 4.91. The van der Waals surface area contributed by atoms with E-state index in [1.807, 2.05) is 42.5 Å². The molecule has 0 bridgehead atoms. The second kappa shape index (κ2) is 7.53. The minimum Gasteiger partial charge on any atom is -0.378 e. The Morgan fingerprint density at radius 2 is 1.55 bits per heavy atom. The molecule has 1 aliphatic heterocycles. The molecule has 2 heterocycles. The predicted molar refractivity (Wildman–Crippen MR) is 116 cm³/mol. The van der Waals surface area contributed by atoms with E-state index in [0.29, 0.717) is 24.5 Å². The number of hydrogen-bond acceptors (Lipinski definition) is 4. The van der Waals surface area contributed by atoms with Gasteiger partial charge in [0.25, 0.3) is 5.56 Å². The SMILES string of the molecule is O=c1[nH]c(N2CCOCC2)nc2c(-c3cccc(-c4ccccc4)c3)cccc12. The van der Waals surface area contributed by atoms with Crippen LogP contribution in [0.1, 0.15) is 0 Å². The van der Waals surface area contributed by atoms with Gasteiger partial charge in [-0.25, -0.2) is 4.98 Å². The molecule has 5 nitrogen and oxygen atoms in total. The number of nitrogens with one attached hydrogen (secondary N) is 1. The topological polar surface area (TPSA) is 58.2 Å². The van der Waals surface area contributed by atoms with Gasteiger partial charge in [0.05, 0.1) is 24.1 Å².